The summed E-state index contributed by atoms with van der Waals surface area (Å²) < 4.78 is 0. The summed E-state index contributed by atoms with van der Waals surface area (Å²) in [5.74, 6) is -0.00829. The number of pyridine rings is 1. The van der Waals surface area contributed by atoms with E-state index in [-0.39, 0.29) is 46.9 Å². The molecule has 30 heavy (non-hydrogen) atoms. The largest absolute Gasteiger partial charge is 0.392 e. The highest BCUT2D eigenvalue weighted by Crippen LogP contribution is 2.55. The molecule has 1 aromatic rings. The Hall–Kier alpha value is -1.95. The van der Waals surface area contributed by atoms with E-state index in [1.807, 2.05) is 6.92 Å². The van der Waals surface area contributed by atoms with Crippen molar-refractivity contribution >= 4 is 11.8 Å². The zero-order valence-corrected chi connectivity index (χ0v) is 18.3. The van der Waals surface area contributed by atoms with Gasteiger partial charge in [-0.05, 0) is 73.8 Å². The van der Waals surface area contributed by atoms with Crippen molar-refractivity contribution in [1.29, 1.82) is 0 Å². The van der Waals surface area contributed by atoms with Crippen molar-refractivity contribution in [3.05, 3.63) is 30.1 Å². The van der Waals surface area contributed by atoms with Crippen molar-refractivity contribution in [3.63, 3.8) is 0 Å². The molecule has 6 nitrogen and oxygen atoms in total. The fraction of sp³-hybridized carbons (Fsp3) is 0.708. The van der Waals surface area contributed by atoms with Crippen molar-refractivity contribution in [3.8, 4) is 0 Å². The number of rotatable bonds is 5. The zero-order chi connectivity index (χ0) is 21.5. The standard InChI is InChI=1S/C24H35N3O3/c1-14(22(29)26-17-4-5-17)18-6-10-24(3)11-7-19(15(2)20(24)21(18)28)27-23(30)16-8-12-25-13-9-16/h8-9,12-15,17-21,28H,4-7,10-11H2,1-3H3,(H,26,29)(H,27,30)/t14-,15+,18?,19-,20+,21-,24-/m0/s1. The molecule has 3 aliphatic carbocycles. The van der Waals surface area contributed by atoms with Crippen LogP contribution in [0.25, 0.3) is 0 Å². The molecule has 1 unspecified atom stereocenters. The molecule has 0 spiro atoms. The quantitative estimate of drug-likeness (QED) is 0.692. The number of nitrogens with one attached hydrogen (secondary N) is 2. The van der Waals surface area contributed by atoms with E-state index in [1.54, 1.807) is 24.5 Å². The first kappa shape index (κ1) is 21.3. The van der Waals surface area contributed by atoms with E-state index in [2.05, 4.69) is 29.5 Å². The van der Waals surface area contributed by atoms with Crippen molar-refractivity contribution in [2.45, 2.75) is 77.5 Å². The maximum absolute atomic E-state index is 12.7. The lowest BCUT2D eigenvalue weighted by molar-refractivity contribution is -0.142. The van der Waals surface area contributed by atoms with E-state index < -0.39 is 6.10 Å². The lowest BCUT2D eigenvalue weighted by Crippen LogP contribution is -2.58. The van der Waals surface area contributed by atoms with E-state index >= 15 is 0 Å². The Balaban J connectivity index is 1.46. The molecule has 0 radical (unpaired) electrons. The van der Waals surface area contributed by atoms with Gasteiger partial charge in [0.05, 0.1) is 6.10 Å². The molecule has 0 bridgehead atoms. The fourth-order valence-electron chi connectivity index (χ4n) is 6.01. The molecule has 6 heteroatoms. The topological polar surface area (TPSA) is 91.3 Å². The summed E-state index contributed by atoms with van der Waals surface area (Å²) in [5.41, 5.74) is 0.665. The highest BCUT2D eigenvalue weighted by molar-refractivity contribution is 5.94. The van der Waals surface area contributed by atoms with Gasteiger partial charge in [0.25, 0.3) is 5.91 Å². The van der Waals surface area contributed by atoms with E-state index in [0.29, 0.717) is 11.6 Å². The van der Waals surface area contributed by atoms with Gasteiger partial charge in [-0.15, -0.1) is 0 Å². The van der Waals surface area contributed by atoms with Crippen LogP contribution in [0.15, 0.2) is 24.5 Å². The molecule has 7 atom stereocenters. The summed E-state index contributed by atoms with van der Waals surface area (Å²) >= 11 is 0. The molecule has 0 aliphatic heterocycles. The maximum Gasteiger partial charge on any atom is 0.251 e. The minimum atomic E-state index is -0.528. The molecule has 3 saturated carbocycles. The average molecular weight is 414 g/mol. The Morgan fingerprint density at radius 1 is 1.13 bits per heavy atom. The maximum atomic E-state index is 12.7. The Labute approximate surface area is 179 Å². The van der Waals surface area contributed by atoms with Gasteiger partial charge in [0, 0.05) is 36.0 Å². The van der Waals surface area contributed by atoms with Crippen molar-refractivity contribution in [2.75, 3.05) is 0 Å². The molecular formula is C24H35N3O3. The molecule has 0 saturated heterocycles. The number of aliphatic hydroxyl groups is 1. The number of carbonyl (C=O) groups is 2. The van der Waals surface area contributed by atoms with Crippen molar-refractivity contribution in [1.82, 2.24) is 15.6 Å². The Morgan fingerprint density at radius 2 is 1.80 bits per heavy atom. The van der Waals surface area contributed by atoms with Crippen LogP contribution < -0.4 is 10.6 Å². The van der Waals surface area contributed by atoms with E-state index in [4.69, 9.17) is 0 Å². The number of hydrogen-bond acceptors (Lipinski definition) is 4. The first-order chi connectivity index (χ1) is 14.3. The molecular weight excluding hydrogens is 378 g/mol. The van der Waals surface area contributed by atoms with Crippen LogP contribution in [0.4, 0.5) is 0 Å². The van der Waals surface area contributed by atoms with Crippen LogP contribution in [0.2, 0.25) is 0 Å². The van der Waals surface area contributed by atoms with Crippen LogP contribution in [0, 0.1) is 29.1 Å². The van der Waals surface area contributed by atoms with E-state index in [1.165, 1.54) is 0 Å². The second-order valence-corrected chi connectivity index (χ2v) is 10.2. The molecule has 164 valence electrons. The highest BCUT2D eigenvalue weighted by Gasteiger charge is 2.54. The molecule has 0 aromatic carbocycles. The number of amides is 2. The average Bonchev–Trinajstić information content (AvgIpc) is 3.54. The molecule has 3 fully saturated rings. The summed E-state index contributed by atoms with van der Waals surface area (Å²) in [6, 6.07) is 3.80. The number of hydrogen-bond donors (Lipinski definition) is 3. The fourth-order valence-corrected chi connectivity index (χ4v) is 6.01. The minimum Gasteiger partial charge on any atom is -0.392 e. The summed E-state index contributed by atoms with van der Waals surface area (Å²) in [5, 5.41) is 17.7. The van der Waals surface area contributed by atoms with Gasteiger partial charge in [-0.1, -0.05) is 20.8 Å². The third-order valence-electron chi connectivity index (χ3n) is 8.13. The van der Waals surface area contributed by atoms with Gasteiger partial charge in [-0.25, -0.2) is 0 Å². The second-order valence-electron chi connectivity index (χ2n) is 10.2. The lowest BCUT2D eigenvalue weighted by atomic mass is 9.51. The normalized spacial score (nSPS) is 37.0. The van der Waals surface area contributed by atoms with Gasteiger partial charge in [0.2, 0.25) is 5.91 Å². The molecule has 3 N–H and O–H groups in total. The monoisotopic (exact) mass is 413 g/mol. The van der Waals surface area contributed by atoms with Crippen LogP contribution in [0.3, 0.4) is 0 Å². The summed E-state index contributed by atoms with van der Waals surface area (Å²) in [6.07, 6.45) is 8.67. The van der Waals surface area contributed by atoms with Gasteiger partial charge in [-0.2, -0.15) is 0 Å². The summed E-state index contributed by atoms with van der Waals surface area (Å²) in [6.45, 7) is 6.40. The van der Waals surface area contributed by atoms with Crippen LogP contribution in [0.5, 0.6) is 0 Å². The van der Waals surface area contributed by atoms with E-state index in [9.17, 15) is 14.7 Å². The van der Waals surface area contributed by atoms with Crippen molar-refractivity contribution < 1.29 is 14.7 Å². The van der Waals surface area contributed by atoms with Crippen molar-refractivity contribution in [2.24, 2.45) is 29.1 Å². The predicted molar refractivity (Wildman–Crippen MR) is 115 cm³/mol. The Morgan fingerprint density at radius 3 is 2.47 bits per heavy atom. The molecule has 4 rings (SSSR count). The third kappa shape index (κ3) is 4.11. The van der Waals surface area contributed by atoms with Crippen LogP contribution in [-0.2, 0) is 4.79 Å². The number of nitrogens with zero attached hydrogens (tertiary/aromatic N) is 1. The number of fused-ring (bicyclic) bond motifs is 1. The SMILES string of the molecule is C[C@H]1[C@@H]2[C@@H](O)C([C@H](C)C(=O)NC3CC3)CC[C@@]2(C)CC[C@@H]1NC(=O)c1ccncc1. The molecule has 1 aromatic heterocycles. The third-order valence-corrected chi connectivity index (χ3v) is 8.13. The second kappa shape index (κ2) is 8.29. The summed E-state index contributed by atoms with van der Waals surface area (Å²) in [7, 11) is 0. The van der Waals surface area contributed by atoms with Crippen LogP contribution >= 0.6 is 0 Å². The predicted octanol–water partition coefficient (Wildman–Crippen LogP) is 2.92. The van der Waals surface area contributed by atoms with Crippen LogP contribution in [0.1, 0.15) is 69.7 Å². The highest BCUT2D eigenvalue weighted by atomic mass is 16.3. The van der Waals surface area contributed by atoms with Gasteiger partial charge in [0.1, 0.15) is 0 Å². The lowest BCUT2D eigenvalue weighted by Gasteiger charge is -2.56. The van der Waals surface area contributed by atoms with Crippen LogP contribution in [-0.4, -0.2) is 40.1 Å². The number of aliphatic hydroxyl groups excluding tert-OH is 1. The Kier molecular flexibility index (Phi) is 5.88. The van der Waals surface area contributed by atoms with E-state index in [0.717, 1.165) is 38.5 Å². The number of aromatic nitrogens is 1. The molecule has 3 aliphatic rings. The minimum absolute atomic E-state index is 0.0211. The van der Waals surface area contributed by atoms with Gasteiger partial charge in [-0.3, -0.25) is 14.6 Å². The molecule has 2 amide bonds. The Bertz CT molecular complexity index is 781. The molecule has 1 heterocycles. The first-order valence-electron chi connectivity index (χ1n) is 11.5. The van der Waals surface area contributed by atoms with Gasteiger partial charge >= 0.3 is 0 Å². The zero-order valence-electron chi connectivity index (χ0n) is 18.3. The first-order valence-corrected chi connectivity index (χ1v) is 11.5. The number of carbonyl (C=O) groups excluding carboxylic acids is 2. The summed E-state index contributed by atoms with van der Waals surface area (Å²) in [4.78, 5) is 29.3. The van der Waals surface area contributed by atoms with Gasteiger partial charge in [0.15, 0.2) is 0 Å². The smallest absolute Gasteiger partial charge is 0.251 e. The van der Waals surface area contributed by atoms with Gasteiger partial charge < -0.3 is 15.7 Å².